The van der Waals surface area contributed by atoms with Crippen LogP contribution in [0.15, 0.2) is 24.5 Å². The fourth-order valence-corrected chi connectivity index (χ4v) is 5.12. The van der Waals surface area contributed by atoms with E-state index >= 15 is 0 Å². The van der Waals surface area contributed by atoms with Crippen molar-refractivity contribution in [1.29, 1.82) is 0 Å². The molecule has 0 spiro atoms. The van der Waals surface area contributed by atoms with Gasteiger partial charge in [-0.1, -0.05) is 6.92 Å². The van der Waals surface area contributed by atoms with Crippen LogP contribution in [0.2, 0.25) is 0 Å². The standard InChI is InChI=1S/C14H19N3O3S/c1-2-8-21(19,20)16-7-5-12-13(16)9-14(18)17(12)11-4-3-6-15-10-11/h3-4,6,10,12-13H,2,5,7-9H2,1H3/t12-,13+/m1/s1. The summed E-state index contributed by atoms with van der Waals surface area (Å²) in [6.45, 7) is 2.36. The SMILES string of the molecule is CCCS(=O)(=O)N1CC[C@@H]2[C@@H]1CC(=O)N2c1cccnc1. The van der Waals surface area contributed by atoms with Crippen molar-refractivity contribution in [1.82, 2.24) is 9.29 Å². The molecule has 0 saturated carbocycles. The number of sulfonamides is 1. The number of pyridine rings is 1. The Hall–Kier alpha value is -1.47. The van der Waals surface area contributed by atoms with Crippen molar-refractivity contribution in [3.8, 4) is 0 Å². The Bertz CT molecular complexity index is 632. The van der Waals surface area contributed by atoms with Gasteiger partial charge in [0, 0.05) is 19.2 Å². The number of carbonyl (C=O) groups is 1. The van der Waals surface area contributed by atoms with Gasteiger partial charge < -0.3 is 4.90 Å². The van der Waals surface area contributed by atoms with Gasteiger partial charge in [0.15, 0.2) is 0 Å². The highest BCUT2D eigenvalue weighted by Gasteiger charge is 2.50. The van der Waals surface area contributed by atoms with Crippen LogP contribution in [-0.2, 0) is 14.8 Å². The summed E-state index contributed by atoms with van der Waals surface area (Å²) in [7, 11) is -3.25. The molecule has 7 heteroatoms. The summed E-state index contributed by atoms with van der Waals surface area (Å²) in [6, 6.07) is 3.34. The number of rotatable bonds is 4. The first-order valence-corrected chi connectivity index (χ1v) is 8.87. The van der Waals surface area contributed by atoms with E-state index in [1.54, 1.807) is 23.4 Å². The number of amides is 1. The Labute approximate surface area is 124 Å². The van der Waals surface area contributed by atoms with E-state index in [2.05, 4.69) is 4.98 Å². The van der Waals surface area contributed by atoms with Crippen molar-refractivity contribution >= 4 is 21.6 Å². The topological polar surface area (TPSA) is 70.6 Å². The maximum Gasteiger partial charge on any atom is 0.229 e. The van der Waals surface area contributed by atoms with Gasteiger partial charge in [0.05, 0.1) is 29.7 Å². The number of nitrogens with zero attached hydrogens (tertiary/aromatic N) is 3. The zero-order valence-corrected chi connectivity index (χ0v) is 12.8. The van der Waals surface area contributed by atoms with Gasteiger partial charge in [0.25, 0.3) is 0 Å². The van der Waals surface area contributed by atoms with Crippen LogP contribution in [0, 0.1) is 0 Å². The molecule has 21 heavy (non-hydrogen) atoms. The first-order valence-electron chi connectivity index (χ1n) is 7.26. The van der Waals surface area contributed by atoms with E-state index in [1.165, 1.54) is 4.31 Å². The Kier molecular flexibility index (Phi) is 3.71. The molecule has 2 atom stereocenters. The molecule has 0 N–H and O–H groups in total. The van der Waals surface area contributed by atoms with Gasteiger partial charge in [-0.2, -0.15) is 4.31 Å². The van der Waals surface area contributed by atoms with E-state index in [0.717, 1.165) is 5.69 Å². The van der Waals surface area contributed by atoms with Crippen LogP contribution >= 0.6 is 0 Å². The molecular formula is C14H19N3O3S. The van der Waals surface area contributed by atoms with Crippen LogP contribution in [0.4, 0.5) is 5.69 Å². The van der Waals surface area contributed by atoms with E-state index in [1.807, 2.05) is 13.0 Å². The number of carbonyl (C=O) groups excluding carboxylic acids is 1. The molecule has 6 nitrogen and oxygen atoms in total. The molecule has 3 rings (SSSR count). The van der Waals surface area contributed by atoms with Crippen LogP contribution in [0.5, 0.6) is 0 Å². The number of anilines is 1. The molecular weight excluding hydrogens is 290 g/mol. The monoisotopic (exact) mass is 309 g/mol. The molecule has 1 aromatic heterocycles. The third-order valence-corrected chi connectivity index (χ3v) is 6.28. The number of fused-ring (bicyclic) bond motifs is 1. The van der Waals surface area contributed by atoms with E-state index in [0.29, 0.717) is 19.4 Å². The van der Waals surface area contributed by atoms with Gasteiger partial charge in [0.2, 0.25) is 15.9 Å². The average molecular weight is 309 g/mol. The summed E-state index contributed by atoms with van der Waals surface area (Å²) in [6.07, 6.45) is 4.87. The molecule has 2 aliphatic heterocycles. The maximum atomic E-state index is 12.3. The molecule has 0 unspecified atom stereocenters. The fraction of sp³-hybridized carbons (Fsp3) is 0.571. The lowest BCUT2D eigenvalue weighted by molar-refractivity contribution is -0.117. The normalized spacial score (nSPS) is 26.3. The van der Waals surface area contributed by atoms with E-state index in [4.69, 9.17) is 0 Å². The maximum absolute atomic E-state index is 12.3. The summed E-state index contributed by atoms with van der Waals surface area (Å²) in [5.41, 5.74) is 0.754. The molecule has 2 saturated heterocycles. The third kappa shape index (κ3) is 2.44. The summed E-state index contributed by atoms with van der Waals surface area (Å²) < 4.78 is 26.2. The number of hydrogen-bond acceptors (Lipinski definition) is 4. The van der Waals surface area contributed by atoms with Gasteiger partial charge in [-0.05, 0) is 25.0 Å². The molecule has 2 aliphatic rings. The summed E-state index contributed by atoms with van der Waals surface area (Å²) >= 11 is 0. The molecule has 1 aromatic rings. The molecule has 2 fully saturated rings. The zero-order chi connectivity index (χ0) is 15.0. The second-order valence-electron chi connectivity index (χ2n) is 5.53. The predicted octanol–water partition coefficient (Wildman–Crippen LogP) is 1.00. The molecule has 1 amide bonds. The van der Waals surface area contributed by atoms with E-state index < -0.39 is 10.0 Å². The average Bonchev–Trinajstić information content (AvgIpc) is 2.97. The molecule has 114 valence electrons. The second-order valence-corrected chi connectivity index (χ2v) is 7.57. The lowest BCUT2D eigenvalue weighted by Gasteiger charge is -2.24. The van der Waals surface area contributed by atoms with Crippen molar-refractivity contribution in [3.05, 3.63) is 24.5 Å². The van der Waals surface area contributed by atoms with Crippen molar-refractivity contribution in [3.63, 3.8) is 0 Å². The predicted molar refractivity (Wildman–Crippen MR) is 79.3 cm³/mol. The van der Waals surface area contributed by atoms with E-state index in [9.17, 15) is 13.2 Å². The van der Waals surface area contributed by atoms with Crippen LogP contribution in [-0.4, -0.2) is 48.0 Å². The van der Waals surface area contributed by atoms with Crippen LogP contribution < -0.4 is 4.90 Å². The minimum absolute atomic E-state index is 0.0191. The van der Waals surface area contributed by atoms with Gasteiger partial charge >= 0.3 is 0 Å². The van der Waals surface area contributed by atoms with Crippen LogP contribution in [0.1, 0.15) is 26.2 Å². The van der Waals surface area contributed by atoms with Crippen molar-refractivity contribution in [2.45, 2.75) is 38.3 Å². The van der Waals surface area contributed by atoms with Crippen molar-refractivity contribution in [2.75, 3.05) is 17.2 Å². The third-order valence-electron chi connectivity index (χ3n) is 4.19. The lowest BCUT2D eigenvalue weighted by Crippen LogP contribution is -2.40. The van der Waals surface area contributed by atoms with Crippen LogP contribution in [0.3, 0.4) is 0 Å². The summed E-state index contributed by atoms with van der Waals surface area (Å²) in [5, 5.41) is 0. The number of aromatic nitrogens is 1. The van der Waals surface area contributed by atoms with Crippen molar-refractivity contribution < 1.29 is 13.2 Å². The first-order chi connectivity index (χ1) is 10.0. The van der Waals surface area contributed by atoms with Crippen molar-refractivity contribution in [2.24, 2.45) is 0 Å². The van der Waals surface area contributed by atoms with Gasteiger partial charge in [-0.3, -0.25) is 9.78 Å². The Morgan fingerprint density at radius 2 is 2.19 bits per heavy atom. The largest absolute Gasteiger partial charge is 0.306 e. The molecule has 0 radical (unpaired) electrons. The molecule has 0 aromatic carbocycles. The smallest absolute Gasteiger partial charge is 0.229 e. The minimum Gasteiger partial charge on any atom is -0.306 e. The van der Waals surface area contributed by atoms with Gasteiger partial charge in [0.1, 0.15) is 0 Å². The quantitative estimate of drug-likeness (QED) is 0.832. The number of hydrogen-bond donors (Lipinski definition) is 0. The molecule has 0 bridgehead atoms. The lowest BCUT2D eigenvalue weighted by atomic mass is 10.1. The van der Waals surface area contributed by atoms with E-state index in [-0.39, 0.29) is 30.2 Å². The van der Waals surface area contributed by atoms with Crippen LogP contribution in [0.25, 0.3) is 0 Å². The minimum atomic E-state index is -3.25. The molecule has 0 aliphatic carbocycles. The highest BCUT2D eigenvalue weighted by Crippen LogP contribution is 2.37. The summed E-state index contributed by atoms with van der Waals surface area (Å²) in [4.78, 5) is 18.1. The summed E-state index contributed by atoms with van der Waals surface area (Å²) in [5.74, 6) is 0.131. The zero-order valence-electron chi connectivity index (χ0n) is 12.0. The Morgan fingerprint density at radius 3 is 2.86 bits per heavy atom. The highest BCUT2D eigenvalue weighted by molar-refractivity contribution is 7.89. The van der Waals surface area contributed by atoms with Gasteiger partial charge in [-0.15, -0.1) is 0 Å². The first kappa shape index (κ1) is 14.5. The molecule has 3 heterocycles. The second kappa shape index (κ2) is 5.38. The fourth-order valence-electron chi connectivity index (χ4n) is 3.36. The van der Waals surface area contributed by atoms with Gasteiger partial charge in [-0.25, -0.2) is 8.42 Å². The highest BCUT2D eigenvalue weighted by atomic mass is 32.2. The Balaban J connectivity index is 1.87. The Morgan fingerprint density at radius 1 is 1.38 bits per heavy atom.